The molecule has 0 unspecified atom stereocenters. The van der Waals surface area contributed by atoms with Crippen molar-refractivity contribution in [3.8, 4) is 11.1 Å². The van der Waals surface area contributed by atoms with Crippen LogP contribution >= 0.6 is 0 Å². The largest absolute Gasteiger partial charge is 0.385 e. The normalized spacial score (nSPS) is 11.1. The number of carbonyl (C=O) groups is 1. The van der Waals surface area contributed by atoms with Gasteiger partial charge in [0.05, 0.1) is 10.6 Å². The van der Waals surface area contributed by atoms with Crippen LogP contribution in [0.25, 0.3) is 11.1 Å². The molecule has 0 aliphatic heterocycles. The molecule has 7 heteroatoms. The zero-order valence-electron chi connectivity index (χ0n) is 16.7. The van der Waals surface area contributed by atoms with Crippen molar-refractivity contribution in [3.05, 3.63) is 84.4 Å². The molecule has 0 aliphatic carbocycles. The Kier molecular flexibility index (Phi) is 7.21. The summed E-state index contributed by atoms with van der Waals surface area (Å²) >= 11 is 0. The Morgan fingerprint density at radius 2 is 1.67 bits per heavy atom. The van der Waals surface area contributed by atoms with Crippen molar-refractivity contribution >= 4 is 21.6 Å². The maximum Gasteiger partial charge on any atom is 0.261 e. The molecule has 0 radical (unpaired) electrons. The van der Waals surface area contributed by atoms with Gasteiger partial charge in [-0.2, -0.15) is 0 Å². The summed E-state index contributed by atoms with van der Waals surface area (Å²) in [7, 11) is -2.28. The van der Waals surface area contributed by atoms with Crippen LogP contribution in [0.15, 0.2) is 83.8 Å². The highest BCUT2D eigenvalue weighted by atomic mass is 32.2. The van der Waals surface area contributed by atoms with Crippen LogP contribution in [0.3, 0.4) is 0 Å². The molecule has 156 valence electrons. The molecule has 0 aromatic heterocycles. The second-order valence-corrected chi connectivity index (χ2v) is 8.33. The van der Waals surface area contributed by atoms with Gasteiger partial charge in [-0.15, -0.1) is 0 Å². The molecule has 0 fully saturated rings. The molecule has 0 atom stereocenters. The van der Waals surface area contributed by atoms with E-state index in [0.29, 0.717) is 25.3 Å². The summed E-state index contributed by atoms with van der Waals surface area (Å²) in [5.74, 6) is -0.326. The highest BCUT2D eigenvalue weighted by Crippen LogP contribution is 2.29. The highest BCUT2D eigenvalue weighted by Gasteiger charge is 2.18. The first kappa shape index (κ1) is 21.5. The third kappa shape index (κ3) is 5.46. The lowest BCUT2D eigenvalue weighted by molar-refractivity contribution is 0.0948. The minimum absolute atomic E-state index is 0.0231. The SMILES string of the molecule is COCCCNC(=O)c1cccc(S(=O)(=O)Nc2ccccc2-c2ccccc2)c1. The maximum absolute atomic E-state index is 13.0. The summed E-state index contributed by atoms with van der Waals surface area (Å²) in [6, 6.07) is 22.7. The van der Waals surface area contributed by atoms with Crippen molar-refractivity contribution in [2.75, 3.05) is 25.0 Å². The van der Waals surface area contributed by atoms with Crippen molar-refractivity contribution in [2.24, 2.45) is 0 Å². The van der Waals surface area contributed by atoms with Gasteiger partial charge in [-0.1, -0.05) is 54.6 Å². The van der Waals surface area contributed by atoms with Gasteiger partial charge in [0, 0.05) is 31.4 Å². The van der Waals surface area contributed by atoms with Crippen LogP contribution in [0.1, 0.15) is 16.8 Å². The summed E-state index contributed by atoms with van der Waals surface area (Å²) in [4.78, 5) is 12.3. The zero-order valence-corrected chi connectivity index (χ0v) is 17.5. The number of ether oxygens (including phenoxy) is 1. The molecule has 3 aromatic rings. The van der Waals surface area contributed by atoms with E-state index in [9.17, 15) is 13.2 Å². The van der Waals surface area contributed by atoms with Gasteiger partial charge in [0.25, 0.3) is 15.9 Å². The van der Waals surface area contributed by atoms with E-state index in [0.717, 1.165) is 11.1 Å². The highest BCUT2D eigenvalue weighted by molar-refractivity contribution is 7.92. The van der Waals surface area contributed by atoms with E-state index in [1.54, 1.807) is 31.4 Å². The van der Waals surface area contributed by atoms with Crippen molar-refractivity contribution in [3.63, 3.8) is 0 Å². The third-order valence-corrected chi connectivity index (χ3v) is 5.84. The topological polar surface area (TPSA) is 84.5 Å². The first-order valence-corrected chi connectivity index (χ1v) is 11.0. The molecular formula is C23H24N2O4S. The standard InChI is InChI=1S/C23H24N2O4S/c1-29-16-8-15-24-23(26)19-11-7-12-20(17-19)30(27,28)25-22-14-6-5-13-21(22)18-9-3-2-4-10-18/h2-7,9-14,17,25H,8,15-16H2,1H3,(H,24,26). The van der Waals surface area contributed by atoms with Gasteiger partial charge in [0.2, 0.25) is 0 Å². The maximum atomic E-state index is 13.0. The summed E-state index contributed by atoms with van der Waals surface area (Å²) in [6.45, 7) is 0.992. The third-order valence-electron chi connectivity index (χ3n) is 4.47. The van der Waals surface area contributed by atoms with Crippen LogP contribution in [0, 0.1) is 0 Å². The number of hydrogen-bond donors (Lipinski definition) is 2. The molecule has 3 aromatic carbocycles. The quantitative estimate of drug-likeness (QED) is 0.510. The van der Waals surface area contributed by atoms with Crippen LogP contribution in [0.4, 0.5) is 5.69 Å². The number of carbonyl (C=O) groups excluding carboxylic acids is 1. The van der Waals surface area contributed by atoms with Crippen molar-refractivity contribution < 1.29 is 17.9 Å². The van der Waals surface area contributed by atoms with Crippen LogP contribution in [0.5, 0.6) is 0 Å². The van der Waals surface area contributed by atoms with Crippen molar-refractivity contribution in [1.29, 1.82) is 0 Å². The van der Waals surface area contributed by atoms with Crippen LogP contribution in [-0.2, 0) is 14.8 Å². The smallest absolute Gasteiger partial charge is 0.261 e. The number of anilines is 1. The summed E-state index contributed by atoms with van der Waals surface area (Å²) in [5.41, 5.74) is 2.43. The predicted octanol–water partition coefficient (Wildman–Crippen LogP) is 3.92. The Morgan fingerprint density at radius 3 is 2.43 bits per heavy atom. The molecule has 0 bridgehead atoms. The predicted molar refractivity (Wildman–Crippen MR) is 118 cm³/mol. The van der Waals surface area contributed by atoms with E-state index in [1.807, 2.05) is 42.5 Å². The van der Waals surface area contributed by atoms with Gasteiger partial charge in [-0.3, -0.25) is 9.52 Å². The second-order valence-electron chi connectivity index (χ2n) is 6.65. The monoisotopic (exact) mass is 424 g/mol. The number of sulfonamides is 1. The number of hydrogen-bond acceptors (Lipinski definition) is 4. The Balaban J connectivity index is 1.81. The fourth-order valence-corrected chi connectivity index (χ4v) is 4.10. The average molecular weight is 425 g/mol. The van der Waals surface area contributed by atoms with Gasteiger partial charge in [0.1, 0.15) is 0 Å². The lowest BCUT2D eigenvalue weighted by atomic mass is 10.0. The van der Waals surface area contributed by atoms with Gasteiger partial charge < -0.3 is 10.1 Å². The number of methoxy groups -OCH3 is 1. The summed E-state index contributed by atoms with van der Waals surface area (Å²) in [6.07, 6.45) is 0.679. The zero-order chi connectivity index (χ0) is 21.4. The number of benzene rings is 3. The molecule has 0 aliphatic rings. The minimum atomic E-state index is -3.88. The fourth-order valence-electron chi connectivity index (χ4n) is 2.97. The fraction of sp³-hybridized carbons (Fsp3) is 0.174. The number of para-hydroxylation sites is 1. The molecule has 30 heavy (non-hydrogen) atoms. The Morgan fingerprint density at radius 1 is 0.933 bits per heavy atom. The molecule has 6 nitrogen and oxygen atoms in total. The average Bonchev–Trinajstić information content (AvgIpc) is 2.77. The van der Waals surface area contributed by atoms with Crippen LogP contribution in [0.2, 0.25) is 0 Å². The summed E-state index contributed by atoms with van der Waals surface area (Å²) < 4.78 is 33.6. The van der Waals surface area contributed by atoms with Gasteiger partial charge in [-0.05, 0) is 36.2 Å². The van der Waals surface area contributed by atoms with E-state index in [1.165, 1.54) is 12.1 Å². The summed E-state index contributed by atoms with van der Waals surface area (Å²) in [5, 5.41) is 2.76. The van der Waals surface area contributed by atoms with E-state index in [2.05, 4.69) is 10.0 Å². The molecule has 0 heterocycles. The van der Waals surface area contributed by atoms with Crippen molar-refractivity contribution in [2.45, 2.75) is 11.3 Å². The molecule has 1 amide bonds. The molecule has 0 spiro atoms. The molecule has 3 rings (SSSR count). The molecule has 2 N–H and O–H groups in total. The van der Waals surface area contributed by atoms with Crippen LogP contribution < -0.4 is 10.0 Å². The number of rotatable bonds is 9. The van der Waals surface area contributed by atoms with E-state index in [4.69, 9.17) is 4.74 Å². The van der Waals surface area contributed by atoms with E-state index < -0.39 is 10.0 Å². The van der Waals surface area contributed by atoms with E-state index >= 15 is 0 Å². The minimum Gasteiger partial charge on any atom is -0.385 e. The molecular weight excluding hydrogens is 400 g/mol. The Hall–Kier alpha value is -3.16. The number of nitrogens with one attached hydrogen (secondary N) is 2. The van der Waals surface area contributed by atoms with Gasteiger partial charge in [0.15, 0.2) is 0 Å². The van der Waals surface area contributed by atoms with Crippen molar-refractivity contribution in [1.82, 2.24) is 5.32 Å². The van der Waals surface area contributed by atoms with Crippen LogP contribution in [-0.4, -0.2) is 34.6 Å². The molecule has 0 saturated carbocycles. The number of amides is 1. The lowest BCUT2D eigenvalue weighted by Gasteiger charge is -2.13. The molecule has 0 saturated heterocycles. The first-order valence-electron chi connectivity index (χ1n) is 9.56. The Labute approximate surface area is 177 Å². The van der Waals surface area contributed by atoms with Gasteiger partial charge >= 0.3 is 0 Å². The second kappa shape index (κ2) is 10.0. The van der Waals surface area contributed by atoms with E-state index in [-0.39, 0.29) is 16.4 Å². The Bertz CT molecular complexity index is 1100. The lowest BCUT2D eigenvalue weighted by Crippen LogP contribution is -2.25. The first-order chi connectivity index (χ1) is 14.5. The van der Waals surface area contributed by atoms with Gasteiger partial charge in [-0.25, -0.2) is 8.42 Å².